The minimum Gasteiger partial charge on any atom is -0.394 e. The zero-order valence-corrected chi connectivity index (χ0v) is 12.2. The molecule has 2 rings (SSSR count). The van der Waals surface area contributed by atoms with Crippen LogP contribution in [0, 0.1) is 0 Å². The van der Waals surface area contributed by atoms with Gasteiger partial charge in [0.1, 0.15) is 5.82 Å². The van der Waals surface area contributed by atoms with Gasteiger partial charge in [-0.1, -0.05) is 30.3 Å². The minimum atomic E-state index is -0.201. The molecule has 2 N–H and O–H groups in total. The fraction of sp³-hybridized carbons (Fsp3) is 0.438. The standard InChI is InChI=1S/C16H23N3O/c1-16(13-20,17-2)9-6-11-19-12-10-18-15(19)14-7-4-3-5-8-14/h3-5,7-8,10,12,17,20H,6,9,11,13H2,1-2H3. The number of nitrogens with one attached hydrogen (secondary N) is 1. The average Bonchev–Trinajstić information content (AvgIpc) is 2.96. The molecule has 0 aliphatic heterocycles. The van der Waals surface area contributed by atoms with E-state index in [2.05, 4.69) is 27.0 Å². The Labute approximate surface area is 120 Å². The summed E-state index contributed by atoms with van der Waals surface area (Å²) in [5, 5.41) is 12.6. The second kappa shape index (κ2) is 6.68. The van der Waals surface area contributed by atoms with Crippen LogP contribution < -0.4 is 5.32 Å². The number of aliphatic hydroxyl groups excluding tert-OH is 1. The van der Waals surface area contributed by atoms with Gasteiger partial charge in [0.05, 0.1) is 6.61 Å². The number of likely N-dealkylation sites (N-methyl/N-ethyl adjacent to an activating group) is 1. The summed E-state index contributed by atoms with van der Waals surface area (Å²) in [6.45, 7) is 3.10. The summed E-state index contributed by atoms with van der Waals surface area (Å²) in [7, 11) is 1.89. The van der Waals surface area contributed by atoms with E-state index in [4.69, 9.17) is 0 Å². The van der Waals surface area contributed by atoms with Crippen molar-refractivity contribution in [3.63, 3.8) is 0 Å². The van der Waals surface area contributed by atoms with E-state index in [1.54, 1.807) is 0 Å². The third-order valence-corrected chi connectivity index (χ3v) is 3.83. The zero-order chi connectivity index (χ0) is 14.4. The van der Waals surface area contributed by atoms with Gasteiger partial charge in [-0.2, -0.15) is 0 Å². The van der Waals surface area contributed by atoms with Crippen molar-refractivity contribution in [2.75, 3.05) is 13.7 Å². The molecule has 0 bridgehead atoms. The van der Waals surface area contributed by atoms with E-state index >= 15 is 0 Å². The van der Waals surface area contributed by atoms with Crippen LogP contribution in [-0.4, -0.2) is 33.9 Å². The molecule has 0 saturated carbocycles. The highest BCUT2D eigenvalue weighted by molar-refractivity contribution is 5.54. The molecule has 4 nitrogen and oxygen atoms in total. The maximum absolute atomic E-state index is 9.39. The van der Waals surface area contributed by atoms with Crippen LogP contribution >= 0.6 is 0 Å². The number of aliphatic hydroxyl groups is 1. The van der Waals surface area contributed by atoms with Crippen LogP contribution in [0.4, 0.5) is 0 Å². The van der Waals surface area contributed by atoms with E-state index in [0.29, 0.717) is 0 Å². The zero-order valence-electron chi connectivity index (χ0n) is 12.2. The topological polar surface area (TPSA) is 50.1 Å². The lowest BCUT2D eigenvalue weighted by Gasteiger charge is -2.26. The summed E-state index contributed by atoms with van der Waals surface area (Å²) in [5.74, 6) is 1.00. The van der Waals surface area contributed by atoms with Crippen LogP contribution in [-0.2, 0) is 6.54 Å². The average molecular weight is 273 g/mol. The number of nitrogens with zero attached hydrogens (tertiary/aromatic N) is 2. The van der Waals surface area contributed by atoms with E-state index in [0.717, 1.165) is 30.8 Å². The number of imidazole rings is 1. The van der Waals surface area contributed by atoms with Crippen molar-refractivity contribution < 1.29 is 5.11 Å². The molecule has 0 amide bonds. The molecule has 108 valence electrons. The first-order valence-electron chi connectivity index (χ1n) is 7.05. The summed E-state index contributed by atoms with van der Waals surface area (Å²) in [4.78, 5) is 4.44. The molecule has 1 unspecified atom stereocenters. The monoisotopic (exact) mass is 273 g/mol. The first-order chi connectivity index (χ1) is 9.68. The first kappa shape index (κ1) is 14.8. The van der Waals surface area contributed by atoms with Crippen molar-refractivity contribution in [2.45, 2.75) is 31.8 Å². The molecule has 4 heteroatoms. The van der Waals surface area contributed by atoms with Gasteiger partial charge in [0.25, 0.3) is 0 Å². The van der Waals surface area contributed by atoms with Crippen molar-refractivity contribution in [1.82, 2.24) is 14.9 Å². The molecular weight excluding hydrogens is 250 g/mol. The Hall–Kier alpha value is -1.65. The van der Waals surface area contributed by atoms with Crippen molar-refractivity contribution in [2.24, 2.45) is 0 Å². The van der Waals surface area contributed by atoms with Crippen LogP contribution in [0.5, 0.6) is 0 Å². The summed E-state index contributed by atoms with van der Waals surface area (Å²) in [5.41, 5.74) is 0.934. The number of benzene rings is 1. The number of aryl methyl sites for hydroxylation is 1. The molecule has 1 aromatic heterocycles. The number of rotatable bonds is 7. The Morgan fingerprint density at radius 2 is 2.05 bits per heavy atom. The van der Waals surface area contributed by atoms with Crippen LogP contribution in [0.2, 0.25) is 0 Å². The molecule has 0 aliphatic carbocycles. The summed E-state index contributed by atoms with van der Waals surface area (Å²) in [6, 6.07) is 10.2. The first-order valence-corrected chi connectivity index (χ1v) is 7.05. The number of aromatic nitrogens is 2. The van der Waals surface area contributed by atoms with Gasteiger partial charge in [0, 0.05) is 30.0 Å². The van der Waals surface area contributed by atoms with Crippen molar-refractivity contribution in [3.8, 4) is 11.4 Å². The summed E-state index contributed by atoms with van der Waals surface area (Å²) >= 11 is 0. The predicted molar refractivity (Wildman–Crippen MR) is 81.4 cm³/mol. The smallest absolute Gasteiger partial charge is 0.139 e. The fourth-order valence-corrected chi connectivity index (χ4v) is 2.26. The van der Waals surface area contributed by atoms with Crippen molar-refractivity contribution in [3.05, 3.63) is 42.7 Å². The maximum atomic E-state index is 9.39. The van der Waals surface area contributed by atoms with Gasteiger partial charge in [-0.15, -0.1) is 0 Å². The number of hydrogen-bond acceptors (Lipinski definition) is 3. The predicted octanol–water partition coefficient (Wildman–Crippen LogP) is 2.30. The van der Waals surface area contributed by atoms with Gasteiger partial charge >= 0.3 is 0 Å². The van der Waals surface area contributed by atoms with Crippen molar-refractivity contribution in [1.29, 1.82) is 0 Å². The molecule has 0 spiro atoms. The highest BCUT2D eigenvalue weighted by atomic mass is 16.3. The Bertz CT molecular complexity index is 518. The molecule has 20 heavy (non-hydrogen) atoms. The molecule has 0 fully saturated rings. The van der Waals surface area contributed by atoms with Gasteiger partial charge < -0.3 is 15.0 Å². The van der Waals surface area contributed by atoms with Crippen LogP contribution in [0.1, 0.15) is 19.8 Å². The van der Waals surface area contributed by atoms with Crippen LogP contribution in [0.15, 0.2) is 42.7 Å². The van der Waals surface area contributed by atoms with Gasteiger partial charge in [0.15, 0.2) is 0 Å². The van der Waals surface area contributed by atoms with Gasteiger partial charge in [0.2, 0.25) is 0 Å². The van der Waals surface area contributed by atoms with E-state index in [1.807, 2.05) is 44.6 Å². The molecule has 0 radical (unpaired) electrons. The second-order valence-corrected chi connectivity index (χ2v) is 5.38. The maximum Gasteiger partial charge on any atom is 0.139 e. The Morgan fingerprint density at radius 3 is 2.70 bits per heavy atom. The Balaban J connectivity index is 2.00. The lowest BCUT2D eigenvalue weighted by molar-refractivity contribution is 0.170. The van der Waals surface area contributed by atoms with E-state index in [9.17, 15) is 5.11 Å². The molecule has 0 saturated heterocycles. The number of hydrogen-bond donors (Lipinski definition) is 2. The SMILES string of the molecule is CNC(C)(CO)CCCn1ccnc1-c1ccccc1. The third kappa shape index (κ3) is 3.46. The lowest BCUT2D eigenvalue weighted by Crippen LogP contribution is -2.43. The molecule has 1 aromatic carbocycles. The van der Waals surface area contributed by atoms with E-state index in [1.165, 1.54) is 0 Å². The van der Waals surface area contributed by atoms with Crippen molar-refractivity contribution >= 4 is 0 Å². The third-order valence-electron chi connectivity index (χ3n) is 3.83. The highest BCUT2D eigenvalue weighted by Gasteiger charge is 2.20. The van der Waals surface area contributed by atoms with E-state index < -0.39 is 0 Å². The molecular formula is C16H23N3O. The van der Waals surface area contributed by atoms with Crippen LogP contribution in [0.25, 0.3) is 11.4 Å². The second-order valence-electron chi connectivity index (χ2n) is 5.38. The van der Waals surface area contributed by atoms with Crippen LogP contribution in [0.3, 0.4) is 0 Å². The molecule has 1 atom stereocenters. The molecule has 0 aliphatic rings. The Kier molecular flexibility index (Phi) is 4.93. The molecule has 1 heterocycles. The summed E-state index contributed by atoms with van der Waals surface area (Å²) in [6.07, 6.45) is 5.77. The van der Waals surface area contributed by atoms with Gasteiger partial charge in [-0.25, -0.2) is 4.98 Å². The van der Waals surface area contributed by atoms with E-state index in [-0.39, 0.29) is 12.1 Å². The minimum absolute atomic E-state index is 0.152. The van der Waals surface area contributed by atoms with Gasteiger partial charge in [-0.05, 0) is 26.8 Å². The molecule has 2 aromatic rings. The largest absolute Gasteiger partial charge is 0.394 e. The van der Waals surface area contributed by atoms with Gasteiger partial charge in [-0.3, -0.25) is 0 Å². The summed E-state index contributed by atoms with van der Waals surface area (Å²) < 4.78 is 2.17. The highest BCUT2D eigenvalue weighted by Crippen LogP contribution is 2.18. The fourth-order valence-electron chi connectivity index (χ4n) is 2.26. The Morgan fingerprint density at radius 1 is 1.30 bits per heavy atom. The quantitative estimate of drug-likeness (QED) is 0.814. The normalized spacial score (nSPS) is 14.2. The lowest BCUT2D eigenvalue weighted by atomic mass is 9.97.